The molecule has 114 valence electrons. The summed E-state index contributed by atoms with van der Waals surface area (Å²) in [5.41, 5.74) is 6.25. The van der Waals surface area contributed by atoms with E-state index in [1.807, 2.05) is 0 Å². The largest absolute Gasteiger partial charge is 0.326 e. The van der Waals surface area contributed by atoms with Gasteiger partial charge in [0.1, 0.15) is 15.8 Å². The van der Waals surface area contributed by atoms with Crippen LogP contribution in [0.4, 0.5) is 8.78 Å². The summed E-state index contributed by atoms with van der Waals surface area (Å²) in [7, 11) is -3.78. The number of benzene rings is 1. The maximum absolute atomic E-state index is 13.5. The first kappa shape index (κ1) is 16.0. The van der Waals surface area contributed by atoms with Gasteiger partial charge in [-0.2, -0.15) is 0 Å². The molecule has 0 aliphatic carbocycles. The van der Waals surface area contributed by atoms with Crippen molar-refractivity contribution in [3.05, 3.63) is 51.9 Å². The Hall–Kier alpha value is -1.35. The summed E-state index contributed by atoms with van der Waals surface area (Å²) < 4.78 is 53.1. The molecule has 1 heterocycles. The summed E-state index contributed by atoms with van der Waals surface area (Å²) in [6.45, 7) is 1.70. The minimum atomic E-state index is -3.78. The van der Waals surface area contributed by atoms with Gasteiger partial charge in [-0.1, -0.05) is 0 Å². The minimum Gasteiger partial charge on any atom is -0.326 e. The van der Waals surface area contributed by atoms with E-state index in [1.165, 1.54) is 6.07 Å². The Labute approximate surface area is 125 Å². The molecule has 0 radical (unpaired) electrons. The van der Waals surface area contributed by atoms with Crippen LogP contribution < -0.4 is 10.5 Å². The number of hydrogen-bond donors (Lipinski definition) is 2. The van der Waals surface area contributed by atoms with Gasteiger partial charge in [0, 0.05) is 23.5 Å². The fourth-order valence-corrected chi connectivity index (χ4v) is 4.27. The van der Waals surface area contributed by atoms with Gasteiger partial charge in [-0.3, -0.25) is 0 Å². The summed E-state index contributed by atoms with van der Waals surface area (Å²) in [5.74, 6) is -1.29. The Balaban J connectivity index is 2.19. The van der Waals surface area contributed by atoms with Crippen molar-refractivity contribution in [3.8, 4) is 0 Å². The lowest BCUT2D eigenvalue weighted by molar-refractivity contribution is 0.568. The second-order valence-electron chi connectivity index (χ2n) is 4.44. The second-order valence-corrected chi connectivity index (χ2v) is 7.57. The smallest absolute Gasteiger partial charge is 0.250 e. The van der Waals surface area contributed by atoms with Crippen LogP contribution in [-0.4, -0.2) is 8.42 Å². The van der Waals surface area contributed by atoms with Gasteiger partial charge in [0.15, 0.2) is 0 Å². The summed E-state index contributed by atoms with van der Waals surface area (Å²) in [5, 5.41) is 0. The number of hydrogen-bond acceptors (Lipinski definition) is 4. The average molecular weight is 332 g/mol. The van der Waals surface area contributed by atoms with Crippen LogP contribution in [0.3, 0.4) is 0 Å². The van der Waals surface area contributed by atoms with E-state index in [9.17, 15) is 17.2 Å². The van der Waals surface area contributed by atoms with Gasteiger partial charge in [-0.05, 0) is 36.8 Å². The van der Waals surface area contributed by atoms with Crippen molar-refractivity contribution >= 4 is 21.4 Å². The Morgan fingerprint density at radius 3 is 2.62 bits per heavy atom. The van der Waals surface area contributed by atoms with E-state index >= 15 is 0 Å². The zero-order chi connectivity index (χ0) is 15.6. The van der Waals surface area contributed by atoms with Crippen molar-refractivity contribution in [2.75, 3.05) is 0 Å². The summed E-state index contributed by atoms with van der Waals surface area (Å²) in [4.78, 5) is 0.771. The van der Waals surface area contributed by atoms with Gasteiger partial charge in [0.25, 0.3) is 0 Å². The first-order valence-electron chi connectivity index (χ1n) is 6.06. The Bertz CT molecular complexity index is 758. The van der Waals surface area contributed by atoms with Crippen LogP contribution in [0.2, 0.25) is 0 Å². The molecule has 0 fully saturated rings. The van der Waals surface area contributed by atoms with Crippen LogP contribution >= 0.6 is 11.3 Å². The standard InChI is InChI=1S/C13H14F2N2O2S2/c1-8-4-13(20-12(8)6-16)21(18,19)17-7-9-5-10(14)2-3-11(9)15/h2-5,17H,6-7,16H2,1H3. The van der Waals surface area contributed by atoms with E-state index in [4.69, 9.17) is 5.73 Å². The molecule has 2 rings (SSSR count). The van der Waals surface area contributed by atoms with E-state index in [0.717, 1.165) is 40.0 Å². The number of thiophene rings is 1. The normalized spacial score (nSPS) is 11.8. The van der Waals surface area contributed by atoms with E-state index in [1.54, 1.807) is 6.92 Å². The highest BCUT2D eigenvalue weighted by Crippen LogP contribution is 2.25. The highest BCUT2D eigenvalue weighted by Gasteiger charge is 2.19. The number of sulfonamides is 1. The maximum Gasteiger partial charge on any atom is 0.250 e. The van der Waals surface area contributed by atoms with Gasteiger partial charge >= 0.3 is 0 Å². The predicted molar refractivity (Wildman–Crippen MR) is 77.3 cm³/mol. The highest BCUT2D eigenvalue weighted by molar-refractivity contribution is 7.91. The molecule has 0 saturated heterocycles. The molecule has 0 aliphatic heterocycles. The van der Waals surface area contributed by atoms with Crippen molar-refractivity contribution in [3.63, 3.8) is 0 Å². The molecule has 0 spiro atoms. The lowest BCUT2D eigenvalue weighted by atomic mass is 10.2. The molecular weight excluding hydrogens is 318 g/mol. The van der Waals surface area contributed by atoms with Gasteiger partial charge in [0.05, 0.1) is 0 Å². The molecule has 0 unspecified atom stereocenters. The van der Waals surface area contributed by atoms with Crippen molar-refractivity contribution in [2.45, 2.75) is 24.2 Å². The zero-order valence-corrected chi connectivity index (χ0v) is 12.8. The van der Waals surface area contributed by atoms with Crippen molar-refractivity contribution < 1.29 is 17.2 Å². The monoisotopic (exact) mass is 332 g/mol. The number of nitrogens with two attached hydrogens (primary N) is 1. The van der Waals surface area contributed by atoms with Gasteiger partial charge in [-0.25, -0.2) is 21.9 Å². The fraction of sp³-hybridized carbons (Fsp3) is 0.231. The molecule has 21 heavy (non-hydrogen) atoms. The summed E-state index contributed by atoms with van der Waals surface area (Å²) in [6, 6.07) is 4.41. The van der Waals surface area contributed by atoms with Gasteiger partial charge < -0.3 is 5.73 Å². The second kappa shape index (κ2) is 6.18. The van der Waals surface area contributed by atoms with Crippen LogP contribution in [0, 0.1) is 18.6 Å². The summed E-state index contributed by atoms with van der Waals surface area (Å²) in [6.07, 6.45) is 0. The maximum atomic E-state index is 13.5. The Morgan fingerprint density at radius 2 is 2.00 bits per heavy atom. The van der Waals surface area contributed by atoms with E-state index in [2.05, 4.69) is 4.72 Å². The van der Waals surface area contributed by atoms with Crippen LogP contribution in [0.25, 0.3) is 0 Å². The quantitative estimate of drug-likeness (QED) is 0.882. The number of nitrogens with one attached hydrogen (secondary N) is 1. The molecule has 0 saturated carbocycles. The third-order valence-electron chi connectivity index (χ3n) is 2.91. The molecule has 0 amide bonds. The number of halogens is 2. The number of rotatable bonds is 5. The SMILES string of the molecule is Cc1cc(S(=O)(=O)NCc2cc(F)ccc2F)sc1CN. The van der Waals surface area contributed by atoms with Crippen LogP contribution in [0.1, 0.15) is 16.0 Å². The minimum absolute atomic E-state index is 0.0501. The first-order chi connectivity index (χ1) is 9.83. The third-order valence-corrected chi connectivity index (χ3v) is 6.04. The molecule has 3 N–H and O–H groups in total. The number of aryl methyl sites for hydroxylation is 1. The van der Waals surface area contributed by atoms with Gasteiger partial charge in [-0.15, -0.1) is 11.3 Å². The molecule has 1 aromatic carbocycles. The highest BCUT2D eigenvalue weighted by atomic mass is 32.2. The van der Waals surface area contributed by atoms with Crippen LogP contribution in [0.5, 0.6) is 0 Å². The van der Waals surface area contributed by atoms with E-state index in [-0.39, 0.29) is 22.9 Å². The van der Waals surface area contributed by atoms with Crippen LogP contribution in [-0.2, 0) is 23.1 Å². The lowest BCUT2D eigenvalue weighted by Gasteiger charge is -2.06. The molecule has 0 bridgehead atoms. The molecule has 2 aromatic rings. The van der Waals surface area contributed by atoms with E-state index < -0.39 is 21.7 Å². The predicted octanol–water partition coefficient (Wildman–Crippen LogP) is 2.27. The van der Waals surface area contributed by atoms with Crippen molar-refractivity contribution in [2.24, 2.45) is 5.73 Å². The first-order valence-corrected chi connectivity index (χ1v) is 8.36. The van der Waals surface area contributed by atoms with Gasteiger partial charge in [0.2, 0.25) is 10.0 Å². The lowest BCUT2D eigenvalue weighted by Crippen LogP contribution is -2.23. The molecule has 0 atom stereocenters. The Kier molecular flexibility index (Phi) is 4.72. The zero-order valence-electron chi connectivity index (χ0n) is 11.2. The topological polar surface area (TPSA) is 72.2 Å². The fourth-order valence-electron chi connectivity index (χ4n) is 1.75. The molecule has 4 nitrogen and oxygen atoms in total. The molecule has 8 heteroatoms. The summed E-state index contributed by atoms with van der Waals surface area (Å²) >= 11 is 1.07. The van der Waals surface area contributed by atoms with Crippen molar-refractivity contribution in [1.29, 1.82) is 0 Å². The van der Waals surface area contributed by atoms with Crippen LogP contribution in [0.15, 0.2) is 28.5 Å². The third kappa shape index (κ3) is 3.65. The van der Waals surface area contributed by atoms with Crippen molar-refractivity contribution in [1.82, 2.24) is 4.72 Å². The molecule has 0 aliphatic rings. The molecule has 1 aromatic heterocycles. The molecular formula is C13H14F2N2O2S2. The average Bonchev–Trinajstić information content (AvgIpc) is 2.82. The van der Waals surface area contributed by atoms with E-state index in [0.29, 0.717) is 0 Å². The Morgan fingerprint density at radius 1 is 1.29 bits per heavy atom.